The fraction of sp³-hybridized carbons (Fsp3) is 0.400. The summed E-state index contributed by atoms with van der Waals surface area (Å²) in [5.74, 6) is 0.675. The highest BCUT2D eigenvalue weighted by atomic mass is 32.2. The Labute approximate surface area is 168 Å². The summed E-state index contributed by atoms with van der Waals surface area (Å²) in [5.41, 5.74) is 1.15. The van der Waals surface area contributed by atoms with Crippen LogP contribution in [0.1, 0.15) is 37.1 Å². The summed E-state index contributed by atoms with van der Waals surface area (Å²) in [6.07, 6.45) is 2.96. The van der Waals surface area contributed by atoms with Crippen molar-refractivity contribution in [3.8, 4) is 0 Å². The normalized spacial score (nSPS) is 14.3. The Morgan fingerprint density at radius 1 is 1.36 bits per heavy atom. The standard InChI is InChI=1S/C20H24N4O3S/c1-3-11-21-19(26)14(2)27-17(25)13-28-20-23-22-18(16-9-10-16)24(20)12-15-7-5-4-6-8-15/h3-8,14,16H,1,9-13H2,2H3,(H,21,26)/t14-/m0/s1. The monoisotopic (exact) mass is 400 g/mol. The molecule has 0 bridgehead atoms. The molecule has 1 heterocycles. The van der Waals surface area contributed by atoms with Crippen LogP contribution in [0.15, 0.2) is 48.1 Å². The van der Waals surface area contributed by atoms with Gasteiger partial charge in [0.2, 0.25) is 0 Å². The molecule has 0 spiro atoms. The lowest BCUT2D eigenvalue weighted by molar-refractivity contribution is -0.152. The minimum atomic E-state index is -0.850. The van der Waals surface area contributed by atoms with E-state index in [1.165, 1.54) is 11.8 Å². The van der Waals surface area contributed by atoms with Crippen LogP contribution in [0.4, 0.5) is 0 Å². The number of benzene rings is 1. The molecule has 0 saturated heterocycles. The van der Waals surface area contributed by atoms with Gasteiger partial charge in [0, 0.05) is 12.5 Å². The van der Waals surface area contributed by atoms with Crippen molar-refractivity contribution in [2.75, 3.05) is 12.3 Å². The fourth-order valence-electron chi connectivity index (χ4n) is 2.69. The molecule has 2 aromatic rings. The van der Waals surface area contributed by atoms with Gasteiger partial charge in [0.25, 0.3) is 5.91 Å². The number of nitrogens with zero attached hydrogens (tertiary/aromatic N) is 3. The number of thioether (sulfide) groups is 1. The summed E-state index contributed by atoms with van der Waals surface area (Å²) >= 11 is 1.28. The van der Waals surface area contributed by atoms with Gasteiger partial charge in [0.05, 0.1) is 12.3 Å². The van der Waals surface area contributed by atoms with Crippen molar-refractivity contribution in [2.45, 2.75) is 43.5 Å². The molecular weight excluding hydrogens is 376 g/mol. The fourth-order valence-corrected chi connectivity index (χ4v) is 3.42. The van der Waals surface area contributed by atoms with Crippen molar-refractivity contribution in [2.24, 2.45) is 0 Å². The topological polar surface area (TPSA) is 86.1 Å². The number of aromatic nitrogens is 3. The number of amides is 1. The summed E-state index contributed by atoms with van der Waals surface area (Å²) in [6, 6.07) is 10.1. The van der Waals surface area contributed by atoms with Crippen LogP contribution in [0.25, 0.3) is 0 Å². The lowest BCUT2D eigenvalue weighted by Crippen LogP contribution is -2.36. The Morgan fingerprint density at radius 2 is 2.11 bits per heavy atom. The average Bonchev–Trinajstić information content (AvgIpc) is 3.47. The van der Waals surface area contributed by atoms with E-state index in [0.29, 0.717) is 24.2 Å². The highest BCUT2D eigenvalue weighted by Crippen LogP contribution is 2.40. The minimum Gasteiger partial charge on any atom is -0.452 e. The van der Waals surface area contributed by atoms with E-state index in [1.54, 1.807) is 13.0 Å². The van der Waals surface area contributed by atoms with Crippen LogP contribution >= 0.6 is 11.8 Å². The molecule has 7 nitrogen and oxygen atoms in total. The van der Waals surface area contributed by atoms with E-state index in [-0.39, 0.29) is 11.7 Å². The lowest BCUT2D eigenvalue weighted by atomic mass is 10.2. The molecule has 0 radical (unpaired) electrons. The zero-order valence-corrected chi connectivity index (χ0v) is 16.7. The molecule has 1 atom stereocenters. The van der Waals surface area contributed by atoms with Gasteiger partial charge in [-0.15, -0.1) is 16.8 Å². The number of rotatable bonds is 10. The number of carbonyl (C=O) groups is 2. The molecule has 28 heavy (non-hydrogen) atoms. The van der Waals surface area contributed by atoms with E-state index < -0.39 is 12.1 Å². The first kappa shape index (κ1) is 20.1. The molecule has 1 aliphatic rings. The van der Waals surface area contributed by atoms with E-state index in [1.807, 2.05) is 18.2 Å². The lowest BCUT2D eigenvalue weighted by Gasteiger charge is -2.13. The van der Waals surface area contributed by atoms with Crippen LogP contribution in [0, 0.1) is 0 Å². The zero-order chi connectivity index (χ0) is 19.9. The molecular formula is C20H24N4O3S. The highest BCUT2D eigenvalue weighted by molar-refractivity contribution is 7.99. The largest absolute Gasteiger partial charge is 0.452 e. The van der Waals surface area contributed by atoms with Gasteiger partial charge in [0.1, 0.15) is 5.82 Å². The second-order valence-corrected chi connectivity index (χ2v) is 7.58. The van der Waals surface area contributed by atoms with Crippen LogP contribution in [0.5, 0.6) is 0 Å². The molecule has 1 aromatic heterocycles. The summed E-state index contributed by atoms with van der Waals surface area (Å²) < 4.78 is 7.27. The van der Waals surface area contributed by atoms with Crippen molar-refractivity contribution in [3.63, 3.8) is 0 Å². The molecule has 0 aliphatic heterocycles. The summed E-state index contributed by atoms with van der Waals surface area (Å²) in [7, 11) is 0. The zero-order valence-electron chi connectivity index (χ0n) is 15.8. The van der Waals surface area contributed by atoms with Crippen molar-refractivity contribution in [1.29, 1.82) is 0 Å². The number of esters is 1. The number of hydrogen-bond acceptors (Lipinski definition) is 6. The molecule has 148 valence electrons. The van der Waals surface area contributed by atoms with Crippen molar-refractivity contribution in [1.82, 2.24) is 20.1 Å². The third-order valence-electron chi connectivity index (χ3n) is 4.29. The predicted molar refractivity (Wildman–Crippen MR) is 107 cm³/mol. The molecule has 1 amide bonds. The second-order valence-electron chi connectivity index (χ2n) is 6.64. The Bertz CT molecular complexity index is 833. The van der Waals surface area contributed by atoms with Gasteiger partial charge in [-0.05, 0) is 25.3 Å². The Morgan fingerprint density at radius 3 is 2.79 bits per heavy atom. The van der Waals surface area contributed by atoms with E-state index in [2.05, 4.69) is 38.8 Å². The average molecular weight is 401 g/mol. The summed E-state index contributed by atoms with van der Waals surface area (Å²) in [5, 5.41) is 11.9. The maximum atomic E-state index is 12.1. The van der Waals surface area contributed by atoms with Gasteiger partial charge >= 0.3 is 5.97 Å². The molecule has 1 N–H and O–H groups in total. The SMILES string of the molecule is C=CCNC(=O)[C@H](C)OC(=O)CSc1nnc(C2CC2)n1Cc1ccccc1. The van der Waals surface area contributed by atoms with E-state index in [4.69, 9.17) is 4.74 Å². The maximum absolute atomic E-state index is 12.1. The molecule has 1 saturated carbocycles. The highest BCUT2D eigenvalue weighted by Gasteiger charge is 2.30. The predicted octanol–water partition coefficient (Wildman–Crippen LogP) is 2.53. The first-order chi connectivity index (χ1) is 13.6. The van der Waals surface area contributed by atoms with Crippen LogP contribution in [-0.2, 0) is 20.9 Å². The minimum absolute atomic E-state index is 0.0661. The van der Waals surface area contributed by atoms with Gasteiger partial charge < -0.3 is 14.6 Å². The third-order valence-corrected chi connectivity index (χ3v) is 5.23. The molecule has 8 heteroatoms. The van der Waals surface area contributed by atoms with Gasteiger partial charge in [-0.25, -0.2) is 0 Å². The van der Waals surface area contributed by atoms with Crippen molar-refractivity contribution < 1.29 is 14.3 Å². The summed E-state index contributed by atoms with van der Waals surface area (Å²) in [4.78, 5) is 23.9. The van der Waals surface area contributed by atoms with E-state index in [0.717, 1.165) is 24.2 Å². The molecule has 1 aliphatic carbocycles. The van der Waals surface area contributed by atoms with Gasteiger partial charge in [-0.3, -0.25) is 9.59 Å². The van der Waals surface area contributed by atoms with Crippen LogP contribution < -0.4 is 5.32 Å². The smallest absolute Gasteiger partial charge is 0.317 e. The van der Waals surface area contributed by atoms with Crippen molar-refractivity contribution >= 4 is 23.6 Å². The number of nitrogens with one attached hydrogen (secondary N) is 1. The Hall–Kier alpha value is -2.61. The van der Waals surface area contributed by atoms with Crippen LogP contribution in [0.3, 0.4) is 0 Å². The maximum Gasteiger partial charge on any atom is 0.317 e. The molecule has 0 unspecified atom stereocenters. The van der Waals surface area contributed by atoms with Crippen LogP contribution in [-0.4, -0.2) is 45.0 Å². The first-order valence-electron chi connectivity index (χ1n) is 9.26. The number of carbonyl (C=O) groups excluding carboxylic acids is 2. The molecule has 1 fully saturated rings. The van der Waals surface area contributed by atoms with E-state index in [9.17, 15) is 9.59 Å². The van der Waals surface area contributed by atoms with Crippen molar-refractivity contribution in [3.05, 3.63) is 54.4 Å². The third kappa shape index (κ3) is 5.45. The first-order valence-corrected chi connectivity index (χ1v) is 10.2. The molecule has 1 aromatic carbocycles. The Kier molecular flexibility index (Phi) is 6.86. The number of hydrogen-bond donors (Lipinski definition) is 1. The van der Waals surface area contributed by atoms with Gasteiger partial charge in [-0.2, -0.15) is 0 Å². The summed E-state index contributed by atoms with van der Waals surface area (Å²) in [6.45, 7) is 6.08. The number of ether oxygens (including phenoxy) is 1. The molecule has 3 rings (SSSR count). The van der Waals surface area contributed by atoms with E-state index >= 15 is 0 Å². The Balaban J connectivity index is 1.60. The van der Waals surface area contributed by atoms with Gasteiger partial charge in [0.15, 0.2) is 11.3 Å². The second kappa shape index (κ2) is 9.54. The quantitative estimate of drug-likeness (QED) is 0.375. The van der Waals surface area contributed by atoms with Crippen LogP contribution in [0.2, 0.25) is 0 Å². The van der Waals surface area contributed by atoms with Gasteiger partial charge in [-0.1, -0.05) is 48.2 Å².